The highest BCUT2D eigenvalue weighted by Crippen LogP contribution is 2.29. The van der Waals surface area contributed by atoms with Crippen LogP contribution in [0.5, 0.6) is 0 Å². The molecular formula is C15H19N4O4S-. The fourth-order valence-electron chi connectivity index (χ4n) is 2.22. The van der Waals surface area contributed by atoms with Gasteiger partial charge in [-0.3, -0.25) is 13.9 Å². The number of aryl methyl sites for hydroxylation is 1. The van der Waals surface area contributed by atoms with Gasteiger partial charge < -0.3 is 9.90 Å². The van der Waals surface area contributed by atoms with E-state index in [-0.39, 0.29) is 22.0 Å². The van der Waals surface area contributed by atoms with Gasteiger partial charge in [0, 0.05) is 20.0 Å². The molecular weight excluding hydrogens is 332 g/mol. The highest BCUT2D eigenvalue weighted by Gasteiger charge is 2.21. The molecule has 0 spiro atoms. The van der Waals surface area contributed by atoms with Crippen molar-refractivity contribution >= 4 is 28.8 Å². The topological polar surface area (TPSA) is 110 Å². The van der Waals surface area contributed by atoms with Crippen molar-refractivity contribution in [2.45, 2.75) is 43.4 Å². The summed E-state index contributed by atoms with van der Waals surface area (Å²) in [6.07, 6.45) is 0.321. The lowest BCUT2D eigenvalue weighted by Crippen LogP contribution is -2.38. The van der Waals surface area contributed by atoms with E-state index < -0.39 is 22.5 Å². The average molecular weight is 351 g/mol. The van der Waals surface area contributed by atoms with E-state index in [1.165, 1.54) is 18.7 Å². The molecule has 0 N–H and O–H groups in total. The van der Waals surface area contributed by atoms with Crippen molar-refractivity contribution in [2.75, 3.05) is 0 Å². The highest BCUT2D eigenvalue weighted by molar-refractivity contribution is 8.00. The minimum atomic E-state index is -1.22. The summed E-state index contributed by atoms with van der Waals surface area (Å²) in [5.74, 6) is -0.820. The quantitative estimate of drug-likeness (QED) is 0.540. The maximum atomic E-state index is 12.5. The van der Waals surface area contributed by atoms with Gasteiger partial charge in [0.25, 0.3) is 5.56 Å². The van der Waals surface area contributed by atoms with Crippen molar-refractivity contribution in [3.8, 4) is 0 Å². The van der Waals surface area contributed by atoms with Crippen LogP contribution in [0.15, 0.2) is 14.6 Å². The van der Waals surface area contributed by atoms with Crippen LogP contribution in [0.4, 0.5) is 0 Å². The number of fused-ring (bicyclic) bond motifs is 1. The molecule has 0 radical (unpaired) electrons. The molecule has 1 atom stereocenters. The van der Waals surface area contributed by atoms with Crippen molar-refractivity contribution in [1.29, 1.82) is 0 Å². The summed E-state index contributed by atoms with van der Waals surface area (Å²) in [7, 11) is 2.89. The lowest BCUT2D eigenvalue weighted by molar-refractivity contribution is -0.304. The Morgan fingerprint density at radius 2 is 1.83 bits per heavy atom. The fourth-order valence-corrected chi connectivity index (χ4v) is 3.20. The summed E-state index contributed by atoms with van der Waals surface area (Å²) in [6, 6.07) is 0. The SMILES string of the molecule is CC[C@@H](Sc1nc(C(C)C)nc2c1c(=O)n(C)c(=O)n2C)C(=O)[O-]. The van der Waals surface area contributed by atoms with Gasteiger partial charge in [0.05, 0.1) is 11.2 Å². The maximum absolute atomic E-state index is 12.5. The first kappa shape index (κ1) is 18.2. The van der Waals surface area contributed by atoms with Gasteiger partial charge in [-0.15, -0.1) is 0 Å². The second-order valence-electron chi connectivity index (χ2n) is 5.78. The lowest BCUT2D eigenvalue weighted by atomic mass is 10.2. The van der Waals surface area contributed by atoms with Crippen LogP contribution in [-0.2, 0) is 18.9 Å². The number of nitrogens with zero attached hydrogens (tertiary/aromatic N) is 4. The van der Waals surface area contributed by atoms with Crippen LogP contribution in [0.1, 0.15) is 38.9 Å². The highest BCUT2D eigenvalue weighted by atomic mass is 32.2. The maximum Gasteiger partial charge on any atom is 0.332 e. The van der Waals surface area contributed by atoms with Gasteiger partial charge in [0.1, 0.15) is 16.2 Å². The molecule has 0 aliphatic heterocycles. The van der Waals surface area contributed by atoms with Crippen LogP contribution in [0.2, 0.25) is 0 Å². The summed E-state index contributed by atoms with van der Waals surface area (Å²) >= 11 is 0.953. The molecule has 0 bridgehead atoms. The normalized spacial score (nSPS) is 12.8. The number of hydrogen-bond acceptors (Lipinski definition) is 7. The molecule has 8 nitrogen and oxygen atoms in total. The number of thioether (sulfide) groups is 1. The van der Waals surface area contributed by atoms with E-state index in [0.29, 0.717) is 12.2 Å². The third-order valence-corrected chi connectivity index (χ3v) is 5.02. The number of aliphatic carboxylic acids is 1. The molecule has 2 aromatic heterocycles. The molecule has 24 heavy (non-hydrogen) atoms. The Morgan fingerprint density at radius 3 is 2.33 bits per heavy atom. The number of carbonyl (C=O) groups is 1. The van der Waals surface area contributed by atoms with Crippen molar-refractivity contribution in [2.24, 2.45) is 14.1 Å². The van der Waals surface area contributed by atoms with E-state index in [2.05, 4.69) is 9.97 Å². The largest absolute Gasteiger partial charge is 0.549 e. The van der Waals surface area contributed by atoms with Crippen LogP contribution >= 0.6 is 11.8 Å². The zero-order valence-electron chi connectivity index (χ0n) is 14.2. The predicted molar refractivity (Wildman–Crippen MR) is 89.1 cm³/mol. The van der Waals surface area contributed by atoms with Crippen LogP contribution in [0, 0.1) is 0 Å². The Bertz CT molecular complexity index is 916. The number of carboxylic acids is 1. The Morgan fingerprint density at radius 1 is 1.21 bits per heavy atom. The molecule has 2 heterocycles. The molecule has 0 aliphatic rings. The third-order valence-electron chi connectivity index (χ3n) is 3.69. The summed E-state index contributed by atoms with van der Waals surface area (Å²) in [5, 5.41) is 10.8. The molecule has 0 amide bonds. The second kappa shape index (κ2) is 6.76. The van der Waals surface area contributed by atoms with E-state index in [9.17, 15) is 19.5 Å². The minimum Gasteiger partial charge on any atom is -0.549 e. The minimum absolute atomic E-state index is 0.0454. The fraction of sp³-hybridized carbons (Fsp3) is 0.533. The summed E-state index contributed by atoms with van der Waals surface area (Å²) < 4.78 is 2.24. The number of rotatable bonds is 5. The van der Waals surface area contributed by atoms with E-state index in [1.54, 1.807) is 6.92 Å². The van der Waals surface area contributed by atoms with E-state index in [4.69, 9.17) is 0 Å². The Hall–Kier alpha value is -2.16. The number of carbonyl (C=O) groups excluding carboxylic acids is 1. The van der Waals surface area contributed by atoms with Crippen LogP contribution < -0.4 is 16.4 Å². The monoisotopic (exact) mass is 351 g/mol. The summed E-state index contributed by atoms with van der Waals surface area (Å²) in [6.45, 7) is 5.48. The van der Waals surface area contributed by atoms with Crippen LogP contribution in [0.3, 0.4) is 0 Å². The smallest absolute Gasteiger partial charge is 0.332 e. The third kappa shape index (κ3) is 3.08. The summed E-state index contributed by atoms with van der Waals surface area (Å²) in [4.78, 5) is 44.6. The first-order valence-electron chi connectivity index (χ1n) is 7.54. The van der Waals surface area contributed by atoms with Crippen molar-refractivity contribution < 1.29 is 9.90 Å². The molecule has 2 rings (SSSR count). The van der Waals surface area contributed by atoms with Gasteiger partial charge in [0.15, 0.2) is 5.65 Å². The van der Waals surface area contributed by atoms with E-state index >= 15 is 0 Å². The average Bonchev–Trinajstić information content (AvgIpc) is 2.54. The molecule has 0 unspecified atom stereocenters. The Balaban J connectivity index is 2.88. The molecule has 0 saturated heterocycles. The molecule has 0 aromatic carbocycles. The first-order chi connectivity index (χ1) is 11.2. The van der Waals surface area contributed by atoms with Crippen molar-refractivity contribution in [1.82, 2.24) is 19.1 Å². The van der Waals surface area contributed by atoms with Gasteiger partial charge in [-0.1, -0.05) is 32.5 Å². The van der Waals surface area contributed by atoms with Gasteiger partial charge in [-0.05, 0) is 6.42 Å². The van der Waals surface area contributed by atoms with Gasteiger partial charge in [-0.25, -0.2) is 14.8 Å². The van der Waals surface area contributed by atoms with Gasteiger partial charge in [-0.2, -0.15) is 0 Å². The summed E-state index contributed by atoms with van der Waals surface area (Å²) in [5.41, 5.74) is -0.833. The number of aromatic nitrogens is 4. The van der Waals surface area contributed by atoms with Crippen LogP contribution in [0.25, 0.3) is 11.0 Å². The standard InChI is InChI=1S/C15H20N4O4S/c1-6-8(14(21)22)24-12-9-11(16-10(17-12)7(2)3)18(4)15(23)19(5)13(9)20/h7-8H,6H2,1-5H3,(H,21,22)/p-1/t8-/m1/s1. The zero-order chi connectivity index (χ0) is 18.2. The first-order valence-corrected chi connectivity index (χ1v) is 8.42. The molecule has 0 fully saturated rings. The molecule has 130 valence electrons. The van der Waals surface area contributed by atoms with Gasteiger partial charge in [0.2, 0.25) is 0 Å². The lowest BCUT2D eigenvalue weighted by Gasteiger charge is -2.18. The number of hydrogen-bond donors (Lipinski definition) is 0. The zero-order valence-corrected chi connectivity index (χ0v) is 15.0. The van der Waals surface area contributed by atoms with E-state index in [1.807, 2.05) is 13.8 Å². The molecule has 0 saturated carbocycles. The second-order valence-corrected chi connectivity index (χ2v) is 6.97. The molecule has 9 heteroatoms. The molecule has 2 aromatic rings. The molecule has 0 aliphatic carbocycles. The predicted octanol–water partition coefficient (Wildman–Crippen LogP) is -0.229. The van der Waals surface area contributed by atoms with Crippen LogP contribution in [-0.4, -0.2) is 30.3 Å². The van der Waals surface area contributed by atoms with Crippen molar-refractivity contribution in [3.63, 3.8) is 0 Å². The van der Waals surface area contributed by atoms with Gasteiger partial charge >= 0.3 is 5.69 Å². The van der Waals surface area contributed by atoms with E-state index in [0.717, 1.165) is 16.3 Å². The number of carboxylic acid groups (broad SMARTS) is 1. The Kier molecular flexibility index (Phi) is 5.12. The van der Waals surface area contributed by atoms with Crippen molar-refractivity contribution in [3.05, 3.63) is 26.7 Å². The Labute approximate surface area is 142 Å².